The Morgan fingerprint density at radius 2 is 2.08 bits per heavy atom. The van der Waals surface area contributed by atoms with Crippen LogP contribution in [0, 0.1) is 25.2 Å². The lowest BCUT2D eigenvalue weighted by Gasteiger charge is -2.12. The van der Waals surface area contributed by atoms with Gasteiger partial charge in [0, 0.05) is 18.9 Å². The van der Waals surface area contributed by atoms with E-state index in [1.165, 1.54) is 15.8 Å². The van der Waals surface area contributed by atoms with Gasteiger partial charge in [0.25, 0.3) is 0 Å². The van der Waals surface area contributed by atoms with Gasteiger partial charge >= 0.3 is 0 Å². The molecule has 0 bridgehead atoms. The van der Waals surface area contributed by atoms with Crippen molar-refractivity contribution in [1.29, 1.82) is 5.26 Å². The Labute approximate surface area is 139 Å². The van der Waals surface area contributed by atoms with Gasteiger partial charge in [0.1, 0.15) is 11.6 Å². The highest BCUT2D eigenvalue weighted by molar-refractivity contribution is 5.61. The van der Waals surface area contributed by atoms with Crippen LogP contribution in [0.3, 0.4) is 0 Å². The highest BCUT2D eigenvalue weighted by Crippen LogP contribution is 2.21. The number of nitrogen functional groups attached to an aromatic ring is 1. The molecule has 0 radical (unpaired) electrons. The van der Waals surface area contributed by atoms with Crippen LogP contribution >= 0.6 is 0 Å². The average molecular weight is 319 g/mol. The molecular formula is C17H17N7. The lowest BCUT2D eigenvalue weighted by Crippen LogP contribution is -2.12. The summed E-state index contributed by atoms with van der Waals surface area (Å²) in [6, 6.07) is 10.1. The molecule has 3 N–H and O–H groups in total. The maximum Gasteiger partial charge on any atom is 0.224 e. The van der Waals surface area contributed by atoms with Crippen LogP contribution in [0.5, 0.6) is 0 Å². The van der Waals surface area contributed by atoms with Gasteiger partial charge in [0.05, 0.1) is 0 Å². The van der Waals surface area contributed by atoms with Crippen LogP contribution in [0.1, 0.15) is 22.3 Å². The van der Waals surface area contributed by atoms with Gasteiger partial charge in [-0.3, -0.25) is 0 Å². The normalized spacial score (nSPS) is 10.4. The number of nitrogens with one attached hydrogen (secondary N) is 1. The number of rotatable bonds is 4. The van der Waals surface area contributed by atoms with Gasteiger partial charge in [-0.05, 0) is 36.6 Å². The van der Waals surface area contributed by atoms with E-state index in [1.807, 2.05) is 6.07 Å². The highest BCUT2D eigenvalue weighted by Gasteiger charge is 2.15. The van der Waals surface area contributed by atoms with Crippen LogP contribution in [0.4, 0.5) is 11.8 Å². The summed E-state index contributed by atoms with van der Waals surface area (Å²) in [4.78, 5) is 8.29. The van der Waals surface area contributed by atoms with Crippen molar-refractivity contribution in [1.82, 2.24) is 19.7 Å². The Hall–Kier alpha value is -3.40. The Balaban J connectivity index is 1.93. The highest BCUT2D eigenvalue weighted by atomic mass is 15.3. The summed E-state index contributed by atoms with van der Waals surface area (Å²) in [6.07, 6.45) is 3.32. The molecule has 0 aliphatic heterocycles. The fourth-order valence-electron chi connectivity index (χ4n) is 2.36. The van der Waals surface area contributed by atoms with E-state index >= 15 is 0 Å². The number of aromatic nitrogens is 4. The molecule has 120 valence electrons. The van der Waals surface area contributed by atoms with Gasteiger partial charge in [-0.25, -0.2) is 4.68 Å². The van der Waals surface area contributed by atoms with E-state index in [0.29, 0.717) is 23.7 Å². The third kappa shape index (κ3) is 3.03. The minimum absolute atomic E-state index is 0.0853. The Kier molecular flexibility index (Phi) is 4.12. The zero-order valence-electron chi connectivity index (χ0n) is 13.5. The number of benzene rings is 1. The summed E-state index contributed by atoms with van der Waals surface area (Å²) in [5.74, 6) is 0.841. The monoisotopic (exact) mass is 319 g/mol. The second-order valence-corrected chi connectivity index (χ2v) is 5.46. The molecule has 0 aliphatic carbocycles. The lowest BCUT2D eigenvalue weighted by atomic mass is 10.1. The first kappa shape index (κ1) is 15.5. The quantitative estimate of drug-likeness (QED) is 0.764. The number of nitrogens with zero attached hydrogens (tertiary/aromatic N) is 5. The Bertz CT molecular complexity index is 907. The van der Waals surface area contributed by atoms with E-state index in [2.05, 4.69) is 52.4 Å². The Morgan fingerprint density at radius 1 is 1.25 bits per heavy atom. The first-order valence-electron chi connectivity index (χ1n) is 7.46. The molecular weight excluding hydrogens is 302 g/mol. The van der Waals surface area contributed by atoms with Crippen LogP contribution < -0.4 is 11.1 Å². The van der Waals surface area contributed by atoms with E-state index < -0.39 is 0 Å². The third-order valence-electron chi connectivity index (χ3n) is 3.77. The number of aryl methyl sites for hydroxylation is 2. The van der Waals surface area contributed by atoms with E-state index in [4.69, 9.17) is 5.73 Å². The second kappa shape index (κ2) is 6.38. The number of hydrogen-bond donors (Lipinski definition) is 2. The van der Waals surface area contributed by atoms with Gasteiger partial charge in [0.2, 0.25) is 5.95 Å². The van der Waals surface area contributed by atoms with Gasteiger partial charge in [0.15, 0.2) is 11.6 Å². The lowest BCUT2D eigenvalue weighted by molar-refractivity contribution is 0.838. The van der Waals surface area contributed by atoms with E-state index in [0.717, 1.165) is 5.56 Å². The molecule has 1 aromatic carbocycles. The van der Waals surface area contributed by atoms with Gasteiger partial charge in [-0.1, -0.05) is 18.2 Å². The summed E-state index contributed by atoms with van der Waals surface area (Å²) in [5.41, 5.74) is 9.65. The summed E-state index contributed by atoms with van der Waals surface area (Å²) in [6.45, 7) is 4.67. The molecule has 7 heteroatoms. The number of anilines is 2. The minimum atomic E-state index is 0.0853. The van der Waals surface area contributed by atoms with Crippen LogP contribution in [0.25, 0.3) is 5.82 Å². The summed E-state index contributed by atoms with van der Waals surface area (Å²) < 4.78 is 1.50. The molecule has 0 amide bonds. The van der Waals surface area contributed by atoms with Crippen molar-refractivity contribution in [2.45, 2.75) is 20.4 Å². The zero-order chi connectivity index (χ0) is 17.1. The van der Waals surface area contributed by atoms with Crippen LogP contribution in [-0.4, -0.2) is 19.7 Å². The zero-order valence-corrected chi connectivity index (χ0v) is 13.5. The van der Waals surface area contributed by atoms with Gasteiger partial charge in [-0.2, -0.15) is 20.3 Å². The predicted molar refractivity (Wildman–Crippen MR) is 91.5 cm³/mol. The summed E-state index contributed by atoms with van der Waals surface area (Å²) in [7, 11) is 0. The average Bonchev–Trinajstić information content (AvgIpc) is 3.09. The maximum absolute atomic E-state index is 9.51. The topological polar surface area (TPSA) is 105 Å². The fraction of sp³-hybridized carbons (Fsp3) is 0.176. The molecule has 0 fully saturated rings. The minimum Gasteiger partial charge on any atom is -0.368 e. The van der Waals surface area contributed by atoms with Crippen molar-refractivity contribution in [3.63, 3.8) is 0 Å². The Morgan fingerprint density at radius 3 is 2.75 bits per heavy atom. The third-order valence-corrected chi connectivity index (χ3v) is 3.77. The molecule has 2 aromatic heterocycles. The molecule has 3 aromatic rings. The molecule has 2 heterocycles. The molecule has 3 rings (SSSR count). The van der Waals surface area contributed by atoms with Crippen LogP contribution in [-0.2, 0) is 6.54 Å². The van der Waals surface area contributed by atoms with Crippen LogP contribution in [0.15, 0.2) is 36.7 Å². The summed E-state index contributed by atoms with van der Waals surface area (Å²) in [5, 5.41) is 16.8. The number of nitrogens with two attached hydrogens (primary N) is 1. The van der Waals surface area contributed by atoms with Gasteiger partial charge in [-0.15, -0.1) is 0 Å². The summed E-state index contributed by atoms with van der Waals surface area (Å²) >= 11 is 0. The van der Waals surface area contributed by atoms with Crippen LogP contribution in [0.2, 0.25) is 0 Å². The predicted octanol–water partition coefficient (Wildman–Crippen LogP) is 2.35. The first-order valence-corrected chi connectivity index (χ1v) is 7.46. The fourth-order valence-corrected chi connectivity index (χ4v) is 2.36. The molecule has 0 spiro atoms. The first-order chi connectivity index (χ1) is 11.6. The van der Waals surface area contributed by atoms with Crippen molar-refractivity contribution in [3.05, 3.63) is 58.9 Å². The van der Waals surface area contributed by atoms with E-state index in [1.54, 1.807) is 18.5 Å². The van der Waals surface area contributed by atoms with Crippen molar-refractivity contribution < 1.29 is 0 Å². The molecule has 0 saturated heterocycles. The number of nitriles is 1. The van der Waals surface area contributed by atoms with Crippen molar-refractivity contribution in [2.75, 3.05) is 11.1 Å². The smallest absolute Gasteiger partial charge is 0.224 e. The molecule has 0 saturated carbocycles. The number of hydrogen-bond acceptors (Lipinski definition) is 6. The SMILES string of the molecule is Cc1ccc(CNc2nc(N)nc(-n3cccn3)c2C#N)cc1C. The standard InChI is InChI=1S/C17H17N7/c1-11-4-5-13(8-12(11)2)10-20-15-14(9-18)16(23-17(19)22-15)24-7-3-6-21-24/h3-8H,10H2,1-2H3,(H3,19,20,22,23). The molecule has 24 heavy (non-hydrogen) atoms. The van der Waals surface area contributed by atoms with Crippen molar-refractivity contribution >= 4 is 11.8 Å². The molecule has 0 aliphatic rings. The van der Waals surface area contributed by atoms with E-state index in [-0.39, 0.29) is 5.95 Å². The van der Waals surface area contributed by atoms with Gasteiger partial charge < -0.3 is 11.1 Å². The molecule has 0 unspecified atom stereocenters. The van der Waals surface area contributed by atoms with Crippen molar-refractivity contribution in [2.24, 2.45) is 0 Å². The maximum atomic E-state index is 9.51. The largest absolute Gasteiger partial charge is 0.368 e. The van der Waals surface area contributed by atoms with E-state index in [9.17, 15) is 5.26 Å². The molecule has 0 atom stereocenters. The second-order valence-electron chi connectivity index (χ2n) is 5.46. The van der Waals surface area contributed by atoms with Crippen molar-refractivity contribution in [3.8, 4) is 11.9 Å². The molecule has 7 nitrogen and oxygen atoms in total.